The Bertz CT molecular complexity index is 606. The molecule has 0 saturated carbocycles. The summed E-state index contributed by atoms with van der Waals surface area (Å²) in [7, 11) is 0. The number of nitrogens with zero attached hydrogens (tertiary/aromatic N) is 1. The van der Waals surface area contributed by atoms with Crippen LogP contribution in [0.2, 0.25) is 10.0 Å². The number of halogens is 4. The molecule has 1 aromatic rings. The van der Waals surface area contributed by atoms with Crippen molar-refractivity contribution in [3.8, 4) is 11.5 Å². The lowest BCUT2D eigenvalue weighted by Crippen LogP contribution is -2.04. The molecule has 1 aromatic carbocycles. The lowest BCUT2D eigenvalue weighted by Gasteiger charge is -2.12. The minimum Gasteiger partial charge on any atom is -0.490 e. The fourth-order valence-electron chi connectivity index (χ4n) is 1.65. The van der Waals surface area contributed by atoms with Crippen molar-refractivity contribution in [3.63, 3.8) is 0 Å². The smallest absolute Gasteiger partial charge is 0.156 e. The van der Waals surface area contributed by atoms with Gasteiger partial charge in [0.2, 0.25) is 0 Å². The lowest BCUT2D eigenvalue weighted by atomic mass is 10.1. The Labute approximate surface area is 175 Å². The van der Waals surface area contributed by atoms with Crippen LogP contribution in [0.3, 0.4) is 0 Å². The number of benzene rings is 1. The summed E-state index contributed by atoms with van der Waals surface area (Å²) in [6, 6.07) is 3.26. The van der Waals surface area contributed by atoms with Gasteiger partial charge < -0.3 is 14.3 Å². The van der Waals surface area contributed by atoms with Gasteiger partial charge in [-0.25, -0.2) is 0 Å². The third kappa shape index (κ3) is 9.22. The van der Waals surface area contributed by atoms with E-state index in [4.69, 9.17) is 60.7 Å². The van der Waals surface area contributed by atoms with E-state index in [1.54, 1.807) is 12.1 Å². The van der Waals surface area contributed by atoms with Crippen LogP contribution < -0.4 is 9.47 Å². The van der Waals surface area contributed by atoms with E-state index in [-0.39, 0.29) is 11.1 Å². The predicted molar refractivity (Wildman–Crippen MR) is 110 cm³/mol. The highest BCUT2D eigenvalue weighted by molar-refractivity contribution is 6.55. The molecule has 0 aliphatic carbocycles. The van der Waals surface area contributed by atoms with Gasteiger partial charge in [-0.1, -0.05) is 65.4 Å². The predicted octanol–water partition coefficient (Wildman–Crippen LogP) is 6.90. The third-order valence-electron chi connectivity index (χ3n) is 3.38. The maximum Gasteiger partial charge on any atom is 0.156 e. The lowest BCUT2D eigenvalue weighted by molar-refractivity contribution is 0.134. The van der Waals surface area contributed by atoms with E-state index in [2.05, 4.69) is 19.0 Å². The molecule has 0 spiro atoms. The van der Waals surface area contributed by atoms with Gasteiger partial charge >= 0.3 is 0 Å². The van der Waals surface area contributed by atoms with E-state index < -0.39 is 0 Å². The van der Waals surface area contributed by atoms with Crippen LogP contribution in [0.15, 0.2) is 27.9 Å². The molecule has 0 aliphatic rings. The molecule has 0 atom stereocenters. The zero-order valence-corrected chi connectivity index (χ0v) is 18.1. The number of hydrogen-bond acceptors (Lipinski definition) is 4. The van der Waals surface area contributed by atoms with Crippen LogP contribution in [0.25, 0.3) is 0 Å². The highest BCUT2D eigenvalue weighted by Gasteiger charge is 2.10. The van der Waals surface area contributed by atoms with Crippen LogP contribution in [0, 0.1) is 5.92 Å². The molecule has 1 rings (SSSR count). The highest BCUT2D eigenvalue weighted by atomic mass is 35.5. The van der Waals surface area contributed by atoms with Gasteiger partial charge in [0.05, 0.1) is 22.4 Å². The van der Waals surface area contributed by atoms with E-state index in [0.717, 1.165) is 18.6 Å². The molecule has 0 aliphatic heterocycles. The standard InChI is InChI=1S/C18H23Cl4NO3/c1-12(2)13(3)23-26-8-5-4-7-25-18-15(19)10-14(11-16(18)20)24-9-6-17(21)22/h6,10-12H,4-5,7-9H2,1-3H3. The van der Waals surface area contributed by atoms with Crippen LogP contribution in [0.5, 0.6) is 11.5 Å². The van der Waals surface area contributed by atoms with Crippen LogP contribution in [-0.2, 0) is 4.84 Å². The molecule has 0 heterocycles. The Morgan fingerprint density at radius 3 is 2.27 bits per heavy atom. The van der Waals surface area contributed by atoms with E-state index in [1.165, 1.54) is 6.08 Å². The normalized spacial score (nSPS) is 11.5. The molecule has 0 amide bonds. The topological polar surface area (TPSA) is 40.0 Å². The van der Waals surface area contributed by atoms with Gasteiger partial charge in [0.25, 0.3) is 0 Å². The number of hydrogen-bond donors (Lipinski definition) is 0. The van der Waals surface area contributed by atoms with Gasteiger partial charge in [-0.3, -0.25) is 0 Å². The average molecular weight is 443 g/mol. The van der Waals surface area contributed by atoms with Crippen LogP contribution in [-0.4, -0.2) is 25.5 Å². The van der Waals surface area contributed by atoms with Gasteiger partial charge in [-0.15, -0.1) is 0 Å². The maximum atomic E-state index is 6.20. The maximum absolute atomic E-state index is 6.20. The van der Waals surface area contributed by atoms with Crippen LogP contribution in [0.1, 0.15) is 33.6 Å². The Balaban J connectivity index is 2.39. The van der Waals surface area contributed by atoms with Crippen molar-refractivity contribution in [2.45, 2.75) is 33.6 Å². The molecule has 0 radical (unpaired) electrons. The molecule has 8 heteroatoms. The van der Waals surface area contributed by atoms with E-state index in [0.29, 0.717) is 40.7 Å². The average Bonchev–Trinajstić information content (AvgIpc) is 2.55. The fraction of sp³-hybridized carbons (Fsp3) is 0.500. The summed E-state index contributed by atoms with van der Waals surface area (Å²) in [6.07, 6.45) is 3.13. The molecule has 26 heavy (non-hydrogen) atoms. The summed E-state index contributed by atoms with van der Waals surface area (Å²) in [4.78, 5) is 5.27. The quantitative estimate of drug-likeness (QED) is 0.212. The summed E-state index contributed by atoms with van der Waals surface area (Å²) >= 11 is 23.5. The zero-order valence-electron chi connectivity index (χ0n) is 15.0. The van der Waals surface area contributed by atoms with Crippen molar-refractivity contribution in [2.24, 2.45) is 11.1 Å². The summed E-state index contributed by atoms with van der Waals surface area (Å²) in [5.41, 5.74) is 0.978. The summed E-state index contributed by atoms with van der Waals surface area (Å²) in [6.45, 7) is 7.33. The molecule has 4 nitrogen and oxygen atoms in total. The van der Waals surface area contributed by atoms with Gasteiger partial charge in [0.15, 0.2) is 5.75 Å². The molecule has 0 N–H and O–H groups in total. The largest absolute Gasteiger partial charge is 0.490 e. The zero-order chi connectivity index (χ0) is 19.5. The number of rotatable bonds is 11. The first-order valence-electron chi connectivity index (χ1n) is 8.23. The Morgan fingerprint density at radius 1 is 1.08 bits per heavy atom. The van der Waals surface area contributed by atoms with E-state index in [9.17, 15) is 0 Å². The Hall–Kier alpha value is -0.810. The number of unbranched alkanes of at least 4 members (excludes halogenated alkanes) is 1. The van der Waals surface area contributed by atoms with Crippen molar-refractivity contribution >= 4 is 52.1 Å². The molecule has 0 bridgehead atoms. The van der Waals surface area contributed by atoms with Crippen LogP contribution in [0.4, 0.5) is 0 Å². The Morgan fingerprint density at radius 2 is 1.69 bits per heavy atom. The molecule has 0 fully saturated rings. The van der Waals surface area contributed by atoms with Crippen molar-refractivity contribution in [1.29, 1.82) is 0 Å². The SMILES string of the molecule is CC(=NOCCCCOc1c(Cl)cc(OCC=C(Cl)Cl)cc1Cl)C(C)C. The van der Waals surface area contributed by atoms with Crippen molar-refractivity contribution < 1.29 is 14.3 Å². The monoisotopic (exact) mass is 441 g/mol. The first kappa shape index (κ1) is 23.2. The molecule has 0 aromatic heterocycles. The molecular weight excluding hydrogens is 420 g/mol. The van der Waals surface area contributed by atoms with Crippen molar-refractivity contribution in [1.82, 2.24) is 0 Å². The summed E-state index contributed by atoms with van der Waals surface area (Å²) in [5, 5.41) is 4.81. The van der Waals surface area contributed by atoms with Crippen molar-refractivity contribution in [3.05, 3.63) is 32.7 Å². The third-order valence-corrected chi connectivity index (χ3v) is 4.25. The second-order valence-electron chi connectivity index (χ2n) is 5.80. The molecule has 0 unspecified atom stereocenters. The second kappa shape index (κ2) is 12.6. The highest BCUT2D eigenvalue weighted by Crippen LogP contribution is 2.37. The van der Waals surface area contributed by atoms with Crippen LogP contribution >= 0.6 is 46.4 Å². The minimum atomic E-state index is 0.135. The van der Waals surface area contributed by atoms with Crippen molar-refractivity contribution in [2.75, 3.05) is 19.8 Å². The summed E-state index contributed by atoms with van der Waals surface area (Å²) < 4.78 is 11.2. The minimum absolute atomic E-state index is 0.135. The molecular formula is C18H23Cl4NO3. The van der Waals surface area contributed by atoms with E-state index >= 15 is 0 Å². The van der Waals surface area contributed by atoms with Gasteiger partial charge in [-0.05, 0) is 31.8 Å². The second-order valence-corrected chi connectivity index (χ2v) is 7.62. The van der Waals surface area contributed by atoms with Gasteiger partial charge in [0.1, 0.15) is 23.5 Å². The summed E-state index contributed by atoms with van der Waals surface area (Å²) in [5.74, 6) is 1.32. The number of ether oxygens (including phenoxy) is 2. The fourth-order valence-corrected chi connectivity index (χ4v) is 2.36. The van der Waals surface area contributed by atoms with E-state index in [1.807, 2.05) is 6.92 Å². The molecule has 0 saturated heterocycles. The first-order valence-corrected chi connectivity index (χ1v) is 9.74. The van der Waals surface area contributed by atoms with Gasteiger partial charge in [-0.2, -0.15) is 0 Å². The van der Waals surface area contributed by atoms with Gasteiger partial charge in [0, 0.05) is 12.1 Å². The number of oxime groups is 1. The Kier molecular flexibility index (Phi) is 11.2. The molecule has 146 valence electrons. The first-order chi connectivity index (χ1) is 12.3.